The molecule has 7 heteroatoms. The maximum atomic E-state index is 12.4. The van der Waals surface area contributed by atoms with Gasteiger partial charge in [0.05, 0.1) is 12.7 Å². The molecular formula is C27H36N4O3. The Hall–Kier alpha value is -3.66. The van der Waals surface area contributed by atoms with Gasteiger partial charge in [0.25, 0.3) is 0 Å². The van der Waals surface area contributed by atoms with Gasteiger partial charge in [-0.25, -0.2) is 4.79 Å². The molecular weight excluding hydrogens is 428 g/mol. The standard InChI is InChI=1S/C19H26N4O3.C8H10/c1-5-26-18(25)23-16(14-9-7-6-8-10-14)22-15(13-19(2,3)4)17(24)21-12-11-20;1-2-8-6-4-3-5-7-8/h6-10,15H,5,12-13H2,1-4H3,(H,21,24)(H,22,23,25);3-7H,2H2,1H3/t15-;/m0./s1. The molecule has 0 saturated heterocycles. The molecule has 0 aliphatic heterocycles. The average Bonchev–Trinajstić information content (AvgIpc) is 2.82. The Labute approximate surface area is 203 Å². The molecule has 2 rings (SSSR count). The third-order valence-corrected chi connectivity index (χ3v) is 4.53. The molecule has 0 saturated carbocycles. The van der Waals surface area contributed by atoms with E-state index in [-0.39, 0.29) is 30.3 Å². The molecule has 2 N–H and O–H groups in total. The highest BCUT2D eigenvalue weighted by atomic mass is 16.5. The van der Waals surface area contributed by atoms with Crippen LogP contribution < -0.4 is 10.6 Å². The second-order valence-corrected chi connectivity index (χ2v) is 8.68. The third-order valence-electron chi connectivity index (χ3n) is 4.53. The van der Waals surface area contributed by atoms with Crippen molar-refractivity contribution in [1.29, 1.82) is 5.26 Å². The number of hydrogen-bond donors (Lipinski definition) is 2. The van der Waals surface area contributed by atoms with Crippen molar-refractivity contribution in [2.45, 2.75) is 53.5 Å². The van der Waals surface area contributed by atoms with Crippen LogP contribution in [0.25, 0.3) is 0 Å². The molecule has 0 heterocycles. The Morgan fingerprint density at radius 2 is 1.62 bits per heavy atom. The maximum absolute atomic E-state index is 12.4. The summed E-state index contributed by atoms with van der Waals surface area (Å²) in [6.07, 6.45) is 0.952. The number of carbonyl (C=O) groups excluding carboxylic acids is 2. The van der Waals surface area contributed by atoms with E-state index in [1.807, 2.05) is 51.1 Å². The van der Waals surface area contributed by atoms with E-state index >= 15 is 0 Å². The molecule has 2 amide bonds. The van der Waals surface area contributed by atoms with Crippen molar-refractivity contribution in [3.63, 3.8) is 0 Å². The number of benzene rings is 2. The highest BCUT2D eigenvalue weighted by molar-refractivity contribution is 6.07. The van der Waals surface area contributed by atoms with Gasteiger partial charge in [-0.15, -0.1) is 0 Å². The lowest BCUT2D eigenvalue weighted by Gasteiger charge is -2.23. The molecule has 2 aromatic carbocycles. The Kier molecular flexibility index (Phi) is 12.7. The molecule has 0 bridgehead atoms. The van der Waals surface area contributed by atoms with Gasteiger partial charge in [-0.05, 0) is 30.7 Å². The molecule has 0 fully saturated rings. The summed E-state index contributed by atoms with van der Waals surface area (Å²) in [5, 5.41) is 13.8. The second-order valence-electron chi connectivity index (χ2n) is 8.68. The number of nitrogens with zero attached hydrogens (tertiary/aromatic N) is 2. The lowest BCUT2D eigenvalue weighted by Crippen LogP contribution is -2.39. The minimum absolute atomic E-state index is 0.0963. The van der Waals surface area contributed by atoms with Gasteiger partial charge in [0, 0.05) is 5.56 Å². The number of rotatable bonds is 7. The van der Waals surface area contributed by atoms with Gasteiger partial charge in [0.1, 0.15) is 18.4 Å². The minimum Gasteiger partial charge on any atom is -0.450 e. The van der Waals surface area contributed by atoms with E-state index in [0.29, 0.717) is 12.0 Å². The van der Waals surface area contributed by atoms with Gasteiger partial charge < -0.3 is 10.1 Å². The van der Waals surface area contributed by atoms with Crippen molar-refractivity contribution < 1.29 is 14.3 Å². The van der Waals surface area contributed by atoms with Gasteiger partial charge in [0.15, 0.2) is 0 Å². The van der Waals surface area contributed by atoms with Crippen molar-refractivity contribution in [3.05, 3.63) is 71.8 Å². The maximum Gasteiger partial charge on any atom is 0.412 e. The van der Waals surface area contributed by atoms with E-state index in [4.69, 9.17) is 10.00 Å². The molecule has 0 aliphatic carbocycles. The Morgan fingerprint density at radius 3 is 2.09 bits per heavy atom. The van der Waals surface area contributed by atoms with E-state index in [0.717, 1.165) is 6.42 Å². The number of carbonyl (C=O) groups is 2. The second kappa shape index (κ2) is 15.2. The van der Waals surface area contributed by atoms with Crippen LogP contribution >= 0.6 is 0 Å². The lowest BCUT2D eigenvalue weighted by atomic mass is 9.88. The topological polar surface area (TPSA) is 104 Å². The number of aryl methyl sites for hydroxylation is 1. The molecule has 0 aliphatic rings. The van der Waals surface area contributed by atoms with Crippen LogP contribution in [-0.2, 0) is 16.0 Å². The highest BCUT2D eigenvalue weighted by Gasteiger charge is 2.25. The summed E-state index contributed by atoms with van der Waals surface area (Å²) in [6.45, 7) is 9.98. The summed E-state index contributed by atoms with van der Waals surface area (Å²) in [5.41, 5.74) is 1.89. The number of alkyl carbamates (subject to hydrolysis) is 1. The quantitative estimate of drug-likeness (QED) is 0.346. The Balaban J connectivity index is 0.000000605. The molecule has 1 atom stereocenters. The fourth-order valence-electron chi connectivity index (χ4n) is 2.93. The van der Waals surface area contributed by atoms with Crippen LogP contribution in [0.4, 0.5) is 4.79 Å². The van der Waals surface area contributed by atoms with Gasteiger partial charge in [-0.3, -0.25) is 15.1 Å². The Bertz CT molecular complexity index is 945. The van der Waals surface area contributed by atoms with E-state index in [2.05, 4.69) is 46.8 Å². The van der Waals surface area contributed by atoms with Crippen LogP contribution in [0.2, 0.25) is 0 Å². The van der Waals surface area contributed by atoms with E-state index in [1.165, 1.54) is 5.56 Å². The first-order valence-corrected chi connectivity index (χ1v) is 11.5. The first kappa shape index (κ1) is 28.4. The minimum atomic E-state index is -0.750. The van der Waals surface area contributed by atoms with Crippen LogP contribution in [0, 0.1) is 16.7 Å². The number of amidine groups is 1. The van der Waals surface area contributed by atoms with Gasteiger partial charge in [-0.1, -0.05) is 88.4 Å². The number of nitrogens with one attached hydrogen (secondary N) is 2. The number of nitriles is 1. The molecule has 0 unspecified atom stereocenters. The monoisotopic (exact) mass is 464 g/mol. The summed E-state index contributed by atoms with van der Waals surface area (Å²) in [7, 11) is 0. The van der Waals surface area contributed by atoms with Gasteiger partial charge in [-0.2, -0.15) is 5.26 Å². The fraction of sp³-hybridized carbons (Fsp3) is 0.407. The van der Waals surface area contributed by atoms with Gasteiger partial charge in [0.2, 0.25) is 5.91 Å². The van der Waals surface area contributed by atoms with E-state index in [1.54, 1.807) is 19.1 Å². The average molecular weight is 465 g/mol. The normalized spacial score (nSPS) is 11.8. The number of hydrogen-bond acceptors (Lipinski definition) is 5. The predicted molar refractivity (Wildman–Crippen MR) is 135 cm³/mol. The van der Waals surface area contributed by atoms with Crippen molar-refractivity contribution in [2.24, 2.45) is 10.4 Å². The van der Waals surface area contributed by atoms with Crippen molar-refractivity contribution in [1.82, 2.24) is 10.6 Å². The molecule has 182 valence electrons. The predicted octanol–water partition coefficient (Wildman–Crippen LogP) is 4.87. The molecule has 34 heavy (non-hydrogen) atoms. The van der Waals surface area contributed by atoms with Crippen LogP contribution in [0.1, 0.15) is 52.2 Å². The van der Waals surface area contributed by atoms with Crippen LogP contribution in [-0.4, -0.2) is 37.0 Å². The third kappa shape index (κ3) is 11.8. The van der Waals surface area contributed by atoms with Gasteiger partial charge >= 0.3 is 6.09 Å². The molecule has 0 spiro atoms. The van der Waals surface area contributed by atoms with E-state index < -0.39 is 12.1 Å². The number of amides is 2. The summed E-state index contributed by atoms with van der Waals surface area (Å²) in [6, 6.07) is 20.6. The summed E-state index contributed by atoms with van der Waals surface area (Å²) >= 11 is 0. The SMILES string of the molecule is CCOC(=O)NC(=N[C@@H](CC(C)(C)C)C(=O)NCC#N)c1ccccc1.CCc1ccccc1. The highest BCUT2D eigenvalue weighted by Crippen LogP contribution is 2.23. The summed E-state index contributed by atoms with van der Waals surface area (Å²) in [4.78, 5) is 28.8. The zero-order valence-corrected chi connectivity index (χ0v) is 20.8. The zero-order chi connectivity index (χ0) is 25.4. The van der Waals surface area contributed by atoms with Crippen LogP contribution in [0.15, 0.2) is 65.7 Å². The lowest BCUT2D eigenvalue weighted by molar-refractivity contribution is -0.122. The van der Waals surface area contributed by atoms with E-state index in [9.17, 15) is 9.59 Å². The van der Waals surface area contributed by atoms with Crippen LogP contribution in [0.3, 0.4) is 0 Å². The van der Waals surface area contributed by atoms with Crippen LogP contribution in [0.5, 0.6) is 0 Å². The first-order valence-electron chi connectivity index (χ1n) is 11.5. The van der Waals surface area contributed by atoms with Crippen molar-refractivity contribution in [2.75, 3.05) is 13.2 Å². The largest absolute Gasteiger partial charge is 0.450 e. The molecule has 7 nitrogen and oxygen atoms in total. The molecule has 0 aromatic heterocycles. The number of aliphatic imine (C=N–C) groups is 1. The fourth-order valence-corrected chi connectivity index (χ4v) is 2.93. The van der Waals surface area contributed by atoms with Crippen molar-refractivity contribution in [3.8, 4) is 6.07 Å². The zero-order valence-electron chi connectivity index (χ0n) is 20.8. The summed E-state index contributed by atoms with van der Waals surface area (Å²) in [5.74, 6) is -0.106. The molecule has 2 aromatic rings. The Morgan fingerprint density at radius 1 is 1.03 bits per heavy atom. The van der Waals surface area contributed by atoms with Crippen molar-refractivity contribution >= 4 is 17.8 Å². The number of ether oxygens (including phenoxy) is 1. The smallest absolute Gasteiger partial charge is 0.412 e. The summed E-state index contributed by atoms with van der Waals surface area (Å²) < 4.78 is 4.93. The first-order chi connectivity index (χ1) is 16.2. The molecule has 0 radical (unpaired) electrons.